The zero-order valence-electron chi connectivity index (χ0n) is 18.3. The maximum atomic E-state index is 12.9. The number of esters is 1. The molecule has 0 unspecified atom stereocenters. The number of ether oxygens (including phenoxy) is 3. The van der Waals surface area contributed by atoms with Crippen LogP contribution in [-0.2, 0) is 11.2 Å². The maximum Gasteiger partial charge on any atom is 0.338 e. The normalized spacial score (nSPS) is 16.7. The van der Waals surface area contributed by atoms with E-state index in [4.69, 9.17) is 14.2 Å². The van der Waals surface area contributed by atoms with Crippen LogP contribution in [-0.4, -0.2) is 54.4 Å². The minimum absolute atomic E-state index is 0.0724. The van der Waals surface area contributed by atoms with E-state index in [0.717, 1.165) is 30.3 Å². The summed E-state index contributed by atoms with van der Waals surface area (Å²) in [5, 5.41) is 69.9. The van der Waals surface area contributed by atoms with Crippen LogP contribution in [0.1, 0.15) is 34.5 Å². The van der Waals surface area contributed by atoms with Crippen LogP contribution in [0.4, 0.5) is 0 Å². The number of rotatable bonds is 5. The minimum atomic E-state index is -1.16. The van der Waals surface area contributed by atoms with Crippen LogP contribution in [0.3, 0.4) is 0 Å². The van der Waals surface area contributed by atoms with E-state index in [0.29, 0.717) is 0 Å². The molecule has 1 aliphatic heterocycles. The van der Waals surface area contributed by atoms with Gasteiger partial charge in [-0.15, -0.1) is 0 Å². The lowest BCUT2D eigenvalue weighted by Gasteiger charge is -2.34. The number of carbonyl (C=O) groups is 1. The van der Waals surface area contributed by atoms with Gasteiger partial charge in [0, 0.05) is 29.7 Å². The smallest absolute Gasteiger partial charge is 0.338 e. The van der Waals surface area contributed by atoms with Crippen molar-refractivity contribution in [3.05, 3.63) is 53.1 Å². The number of phenolic OH excluding ortho intramolecular Hbond substituents is 7. The number of hydrogen-bond acceptors (Lipinski definition) is 11. The fraction of sp³-hybridized carbons (Fsp3) is 0.208. The van der Waals surface area contributed by atoms with Crippen molar-refractivity contribution in [2.45, 2.75) is 25.6 Å². The molecule has 3 aromatic carbocycles. The number of aromatic hydroxyl groups is 7. The first-order valence-electron chi connectivity index (χ1n) is 10.4. The predicted octanol–water partition coefficient (Wildman–Crippen LogP) is 2.93. The molecule has 1 aliphatic rings. The molecule has 11 heteroatoms. The van der Waals surface area contributed by atoms with Gasteiger partial charge in [-0.1, -0.05) is 0 Å². The molecule has 11 nitrogen and oxygen atoms in total. The molecule has 1 heterocycles. The van der Waals surface area contributed by atoms with Gasteiger partial charge in [0.1, 0.15) is 23.4 Å². The summed E-state index contributed by atoms with van der Waals surface area (Å²) in [6.45, 7) is 1.81. The number of carbonyl (C=O) groups excluding carboxylic acids is 1. The molecule has 35 heavy (non-hydrogen) atoms. The summed E-state index contributed by atoms with van der Waals surface area (Å²) in [4.78, 5) is 12.9. The number of benzene rings is 3. The van der Waals surface area contributed by atoms with Crippen LogP contribution in [0, 0.1) is 0 Å². The molecule has 0 spiro atoms. The molecule has 2 atom stereocenters. The first kappa shape index (κ1) is 23.5. The highest BCUT2D eigenvalue weighted by Crippen LogP contribution is 2.46. The highest BCUT2D eigenvalue weighted by molar-refractivity contribution is 5.91. The van der Waals surface area contributed by atoms with Crippen molar-refractivity contribution >= 4 is 5.97 Å². The van der Waals surface area contributed by atoms with Crippen molar-refractivity contribution in [1.82, 2.24) is 0 Å². The predicted molar refractivity (Wildman–Crippen MR) is 118 cm³/mol. The first-order chi connectivity index (χ1) is 16.6. The van der Waals surface area contributed by atoms with Gasteiger partial charge < -0.3 is 50.0 Å². The molecular weight excluding hydrogens is 464 g/mol. The fourth-order valence-corrected chi connectivity index (χ4v) is 3.84. The molecule has 184 valence electrons. The molecule has 0 aliphatic carbocycles. The van der Waals surface area contributed by atoms with Crippen molar-refractivity contribution < 1.29 is 54.8 Å². The summed E-state index contributed by atoms with van der Waals surface area (Å²) >= 11 is 0. The zero-order valence-corrected chi connectivity index (χ0v) is 18.3. The van der Waals surface area contributed by atoms with Gasteiger partial charge in [-0.05, 0) is 31.2 Å². The summed E-state index contributed by atoms with van der Waals surface area (Å²) in [7, 11) is 0. The number of fused-ring (bicyclic) bond motifs is 1. The van der Waals surface area contributed by atoms with E-state index in [1.165, 1.54) is 6.07 Å². The molecule has 0 saturated carbocycles. The molecule has 0 radical (unpaired) electrons. The largest absolute Gasteiger partial charge is 0.508 e. The Morgan fingerprint density at radius 1 is 0.886 bits per heavy atom. The third-order valence-electron chi connectivity index (χ3n) is 5.42. The van der Waals surface area contributed by atoms with Crippen molar-refractivity contribution in [1.29, 1.82) is 0 Å². The van der Waals surface area contributed by atoms with Crippen LogP contribution in [0.15, 0.2) is 36.4 Å². The third kappa shape index (κ3) is 4.43. The van der Waals surface area contributed by atoms with Gasteiger partial charge in [-0.25, -0.2) is 4.79 Å². The van der Waals surface area contributed by atoms with E-state index < -0.39 is 46.9 Å². The molecule has 0 saturated heterocycles. The van der Waals surface area contributed by atoms with Gasteiger partial charge in [0.25, 0.3) is 0 Å². The first-order valence-corrected chi connectivity index (χ1v) is 10.4. The standard InChI is InChI=1S/C24H22O11/c1-2-33-23-17(29)5-11(6-18(23)30)24(32)35-20-9-13-14(26)7-12(25)8-19(13)34-22(20)10-3-15(27)21(31)16(28)4-10/h3-8,20,22,25-31H,2,9H2,1H3/t20-,22-/m1/s1. The molecule has 7 N–H and O–H groups in total. The van der Waals surface area contributed by atoms with E-state index in [2.05, 4.69) is 0 Å². The highest BCUT2D eigenvalue weighted by atomic mass is 16.6. The summed E-state index contributed by atoms with van der Waals surface area (Å²) in [6.07, 6.45) is -2.41. The molecule has 0 aromatic heterocycles. The van der Waals surface area contributed by atoms with Gasteiger partial charge >= 0.3 is 5.97 Å². The molecular formula is C24H22O11. The Morgan fingerprint density at radius 2 is 1.51 bits per heavy atom. The lowest BCUT2D eigenvalue weighted by Crippen LogP contribution is -2.34. The second kappa shape index (κ2) is 8.93. The number of hydrogen-bond donors (Lipinski definition) is 7. The summed E-state index contributed by atoms with van der Waals surface area (Å²) < 4.78 is 16.6. The van der Waals surface area contributed by atoms with Gasteiger partial charge in [0.2, 0.25) is 5.75 Å². The SMILES string of the molecule is CCOc1c(O)cc(C(=O)O[C@@H]2Cc3c(O)cc(O)cc3O[C@@H]2c2cc(O)c(O)c(O)c2)cc1O. The van der Waals surface area contributed by atoms with Gasteiger partial charge in [0.05, 0.1) is 12.2 Å². The maximum absolute atomic E-state index is 12.9. The second-order valence-corrected chi connectivity index (χ2v) is 7.81. The molecule has 3 aromatic rings. The quantitative estimate of drug-likeness (QED) is 0.208. The van der Waals surface area contributed by atoms with Crippen LogP contribution in [0.5, 0.6) is 51.7 Å². The molecule has 4 rings (SSSR count). The Morgan fingerprint density at radius 3 is 2.11 bits per heavy atom. The van der Waals surface area contributed by atoms with Gasteiger partial charge in [-0.3, -0.25) is 0 Å². The Kier molecular flexibility index (Phi) is 6.00. The lowest BCUT2D eigenvalue weighted by molar-refractivity contribution is -0.0189. The zero-order chi connectivity index (χ0) is 25.4. The van der Waals surface area contributed by atoms with Gasteiger partial charge in [-0.2, -0.15) is 0 Å². The fourth-order valence-electron chi connectivity index (χ4n) is 3.84. The van der Waals surface area contributed by atoms with Crippen LogP contribution in [0.2, 0.25) is 0 Å². The van der Waals surface area contributed by atoms with Crippen molar-refractivity contribution in [3.63, 3.8) is 0 Å². The Hall–Kier alpha value is -4.67. The molecule has 0 bridgehead atoms. The average molecular weight is 486 g/mol. The van der Waals surface area contributed by atoms with Crippen molar-refractivity contribution in [2.75, 3.05) is 6.61 Å². The van der Waals surface area contributed by atoms with E-state index in [1.807, 2.05) is 0 Å². The Balaban J connectivity index is 1.72. The van der Waals surface area contributed by atoms with E-state index in [-0.39, 0.29) is 52.7 Å². The highest BCUT2D eigenvalue weighted by Gasteiger charge is 2.37. The van der Waals surface area contributed by atoms with Crippen molar-refractivity contribution in [3.8, 4) is 51.7 Å². The van der Waals surface area contributed by atoms with Crippen LogP contribution >= 0.6 is 0 Å². The van der Waals surface area contributed by atoms with E-state index >= 15 is 0 Å². The van der Waals surface area contributed by atoms with Crippen LogP contribution in [0.25, 0.3) is 0 Å². The van der Waals surface area contributed by atoms with E-state index in [9.17, 15) is 40.5 Å². The lowest BCUT2D eigenvalue weighted by atomic mass is 9.93. The summed E-state index contributed by atoms with van der Waals surface area (Å²) in [6, 6.07) is 6.62. The molecule has 0 fully saturated rings. The third-order valence-corrected chi connectivity index (χ3v) is 5.42. The number of phenols is 7. The monoisotopic (exact) mass is 486 g/mol. The molecule has 0 amide bonds. The second-order valence-electron chi connectivity index (χ2n) is 7.81. The summed E-state index contributed by atoms with van der Waals surface area (Å²) in [5.41, 5.74) is 0.127. The topological polar surface area (TPSA) is 186 Å². The van der Waals surface area contributed by atoms with Crippen molar-refractivity contribution in [2.24, 2.45) is 0 Å². The van der Waals surface area contributed by atoms with Gasteiger partial charge in [0.15, 0.2) is 34.9 Å². The van der Waals surface area contributed by atoms with E-state index in [1.54, 1.807) is 6.92 Å². The Labute approximate surface area is 198 Å². The minimum Gasteiger partial charge on any atom is -0.508 e. The Bertz CT molecular complexity index is 1250. The average Bonchev–Trinajstić information content (AvgIpc) is 2.79. The van der Waals surface area contributed by atoms with Crippen LogP contribution < -0.4 is 9.47 Å². The summed E-state index contributed by atoms with van der Waals surface area (Å²) in [5.74, 6) is -4.72.